The molecule has 0 aliphatic rings. The lowest BCUT2D eigenvalue weighted by Gasteiger charge is -2.12. The highest BCUT2D eigenvalue weighted by atomic mass is 79.9. The highest BCUT2D eigenvalue weighted by Gasteiger charge is 2.11. The lowest BCUT2D eigenvalue weighted by molar-refractivity contribution is 0.100. The average Bonchev–Trinajstić information content (AvgIpc) is 2.34. The number of benzene rings is 2. The molecule has 6 heteroatoms. The first kappa shape index (κ1) is 13.4. The van der Waals surface area contributed by atoms with Crippen LogP contribution in [0.15, 0.2) is 40.9 Å². The van der Waals surface area contributed by atoms with Crippen molar-refractivity contribution < 1.29 is 9.18 Å². The van der Waals surface area contributed by atoms with Gasteiger partial charge in [0.05, 0.1) is 22.6 Å². The maximum Gasteiger partial charge on any atom is 0.250 e. The smallest absolute Gasteiger partial charge is 0.250 e. The van der Waals surface area contributed by atoms with Gasteiger partial charge in [-0.3, -0.25) is 4.79 Å². The first-order chi connectivity index (χ1) is 8.99. The van der Waals surface area contributed by atoms with Crippen molar-refractivity contribution in [3.63, 3.8) is 0 Å². The van der Waals surface area contributed by atoms with Gasteiger partial charge in [0.2, 0.25) is 0 Å². The molecule has 5 N–H and O–H groups in total. The monoisotopic (exact) mass is 323 g/mol. The quantitative estimate of drug-likeness (QED) is 0.759. The van der Waals surface area contributed by atoms with E-state index in [1.807, 2.05) is 0 Å². The van der Waals surface area contributed by atoms with Crippen molar-refractivity contribution in [2.24, 2.45) is 5.73 Å². The highest BCUT2D eigenvalue weighted by molar-refractivity contribution is 9.10. The summed E-state index contributed by atoms with van der Waals surface area (Å²) in [6.07, 6.45) is 0. The van der Waals surface area contributed by atoms with Gasteiger partial charge in [0.25, 0.3) is 5.91 Å². The molecule has 0 saturated heterocycles. The van der Waals surface area contributed by atoms with Gasteiger partial charge in [-0.2, -0.15) is 0 Å². The van der Waals surface area contributed by atoms with Crippen molar-refractivity contribution in [1.82, 2.24) is 0 Å². The topological polar surface area (TPSA) is 81.1 Å². The van der Waals surface area contributed by atoms with E-state index in [2.05, 4.69) is 21.2 Å². The third-order valence-electron chi connectivity index (χ3n) is 2.57. The number of carbonyl (C=O) groups excluding carboxylic acids is 1. The predicted molar refractivity (Wildman–Crippen MR) is 76.8 cm³/mol. The fraction of sp³-hybridized carbons (Fsp3) is 0. The number of nitrogens with two attached hydrogens (primary N) is 2. The van der Waals surface area contributed by atoms with E-state index >= 15 is 0 Å². The number of nitrogen functional groups attached to an aromatic ring is 1. The molecule has 2 aromatic carbocycles. The summed E-state index contributed by atoms with van der Waals surface area (Å²) in [5, 5.41) is 2.83. The van der Waals surface area contributed by atoms with E-state index in [1.165, 1.54) is 12.1 Å². The second-order valence-corrected chi connectivity index (χ2v) is 4.80. The summed E-state index contributed by atoms with van der Waals surface area (Å²) in [7, 11) is 0. The fourth-order valence-corrected chi connectivity index (χ4v) is 1.96. The second kappa shape index (κ2) is 5.27. The molecule has 0 heterocycles. The van der Waals surface area contributed by atoms with Crippen LogP contribution in [0.25, 0.3) is 0 Å². The molecule has 1 amide bonds. The molecule has 0 atom stereocenters. The minimum Gasteiger partial charge on any atom is -0.396 e. The van der Waals surface area contributed by atoms with Gasteiger partial charge < -0.3 is 16.8 Å². The van der Waals surface area contributed by atoms with Crippen LogP contribution in [0.4, 0.5) is 21.5 Å². The standard InChI is InChI=1S/C13H11BrFN3O/c14-7-4-5-10(9(15)6-7)18-11-3-1-2-8(12(11)16)13(17)19/h1-6,18H,16H2,(H2,17,19). The third-order valence-corrected chi connectivity index (χ3v) is 3.07. The van der Waals surface area contributed by atoms with Crippen LogP contribution in [0.3, 0.4) is 0 Å². The molecule has 0 bridgehead atoms. The zero-order chi connectivity index (χ0) is 14.0. The summed E-state index contributed by atoms with van der Waals surface area (Å²) in [6.45, 7) is 0. The van der Waals surface area contributed by atoms with Gasteiger partial charge in [0.15, 0.2) is 0 Å². The number of hydrogen-bond donors (Lipinski definition) is 3. The van der Waals surface area contributed by atoms with E-state index in [0.29, 0.717) is 10.2 Å². The van der Waals surface area contributed by atoms with Crippen LogP contribution < -0.4 is 16.8 Å². The van der Waals surface area contributed by atoms with Crippen LogP contribution in [0.2, 0.25) is 0 Å². The molecule has 2 rings (SSSR count). The van der Waals surface area contributed by atoms with Crippen LogP contribution in [-0.2, 0) is 0 Å². The van der Waals surface area contributed by atoms with Crippen LogP contribution in [-0.4, -0.2) is 5.91 Å². The number of hydrogen-bond acceptors (Lipinski definition) is 3. The molecule has 2 aromatic rings. The maximum absolute atomic E-state index is 13.7. The number of halogens is 2. The molecular formula is C13H11BrFN3O. The van der Waals surface area contributed by atoms with E-state index < -0.39 is 11.7 Å². The van der Waals surface area contributed by atoms with E-state index in [1.54, 1.807) is 24.3 Å². The molecule has 0 aromatic heterocycles. The number of amides is 1. The zero-order valence-corrected chi connectivity index (χ0v) is 11.4. The number of para-hydroxylation sites is 1. The molecule has 0 radical (unpaired) electrons. The number of nitrogens with one attached hydrogen (secondary N) is 1. The molecule has 0 aliphatic carbocycles. The van der Waals surface area contributed by atoms with Gasteiger partial charge in [-0.15, -0.1) is 0 Å². The first-order valence-corrected chi connectivity index (χ1v) is 6.18. The Kier molecular flexibility index (Phi) is 3.71. The van der Waals surface area contributed by atoms with Gasteiger partial charge in [-0.05, 0) is 30.3 Å². The zero-order valence-electron chi connectivity index (χ0n) is 9.78. The van der Waals surface area contributed by atoms with Gasteiger partial charge >= 0.3 is 0 Å². The molecular weight excluding hydrogens is 313 g/mol. The summed E-state index contributed by atoms with van der Waals surface area (Å²) in [5.74, 6) is -1.06. The van der Waals surface area contributed by atoms with Gasteiger partial charge in [0.1, 0.15) is 5.82 Å². The van der Waals surface area contributed by atoms with Crippen LogP contribution in [0, 0.1) is 5.82 Å². The Hall–Kier alpha value is -2.08. The number of anilines is 3. The highest BCUT2D eigenvalue weighted by Crippen LogP contribution is 2.28. The van der Waals surface area contributed by atoms with Crippen LogP contribution >= 0.6 is 15.9 Å². The number of primary amides is 1. The van der Waals surface area contributed by atoms with E-state index in [-0.39, 0.29) is 16.9 Å². The molecule has 4 nitrogen and oxygen atoms in total. The van der Waals surface area contributed by atoms with E-state index in [4.69, 9.17) is 11.5 Å². The Bertz CT molecular complexity index is 646. The number of rotatable bonds is 3. The molecule has 0 unspecified atom stereocenters. The van der Waals surface area contributed by atoms with E-state index in [9.17, 15) is 9.18 Å². The third kappa shape index (κ3) is 2.85. The maximum atomic E-state index is 13.7. The molecule has 0 spiro atoms. The molecule has 19 heavy (non-hydrogen) atoms. The molecule has 98 valence electrons. The van der Waals surface area contributed by atoms with E-state index in [0.717, 1.165) is 0 Å². The normalized spacial score (nSPS) is 10.2. The Morgan fingerprint density at radius 1 is 1.21 bits per heavy atom. The summed E-state index contributed by atoms with van der Waals surface area (Å²) < 4.78 is 14.3. The SMILES string of the molecule is NC(=O)c1cccc(Nc2ccc(Br)cc2F)c1N. The summed E-state index contributed by atoms with van der Waals surface area (Å²) in [5.41, 5.74) is 12.1. The minimum atomic E-state index is -0.627. The lowest BCUT2D eigenvalue weighted by atomic mass is 10.1. The first-order valence-electron chi connectivity index (χ1n) is 5.39. The minimum absolute atomic E-state index is 0.192. The van der Waals surface area contributed by atoms with Crippen molar-refractivity contribution in [2.75, 3.05) is 11.1 Å². The largest absolute Gasteiger partial charge is 0.396 e. The van der Waals surface area contributed by atoms with Crippen molar-refractivity contribution in [3.05, 3.63) is 52.3 Å². The summed E-state index contributed by atoms with van der Waals surface area (Å²) >= 11 is 3.17. The molecule has 0 aliphatic heterocycles. The lowest BCUT2D eigenvalue weighted by Crippen LogP contribution is -2.14. The van der Waals surface area contributed by atoms with Crippen LogP contribution in [0.1, 0.15) is 10.4 Å². The van der Waals surface area contributed by atoms with Gasteiger partial charge in [0, 0.05) is 4.47 Å². The molecule has 0 fully saturated rings. The Morgan fingerprint density at radius 2 is 1.95 bits per heavy atom. The molecule has 0 saturated carbocycles. The Labute approximate surface area is 117 Å². The summed E-state index contributed by atoms with van der Waals surface area (Å²) in [4.78, 5) is 11.2. The predicted octanol–water partition coefficient (Wildman–Crippen LogP) is 3.01. The number of carbonyl (C=O) groups is 1. The van der Waals surface area contributed by atoms with Gasteiger partial charge in [-0.25, -0.2) is 4.39 Å². The Balaban J connectivity index is 2.38. The summed E-state index contributed by atoms with van der Waals surface area (Å²) in [6, 6.07) is 9.37. The van der Waals surface area contributed by atoms with Crippen molar-refractivity contribution in [1.29, 1.82) is 0 Å². The fourth-order valence-electron chi connectivity index (χ4n) is 1.63. The van der Waals surface area contributed by atoms with Crippen LogP contribution in [0.5, 0.6) is 0 Å². The van der Waals surface area contributed by atoms with Gasteiger partial charge in [-0.1, -0.05) is 22.0 Å². The Morgan fingerprint density at radius 3 is 2.58 bits per heavy atom. The van der Waals surface area contributed by atoms with Crippen molar-refractivity contribution in [3.8, 4) is 0 Å². The van der Waals surface area contributed by atoms with Crippen molar-refractivity contribution in [2.45, 2.75) is 0 Å². The van der Waals surface area contributed by atoms with Crippen molar-refractivity contribution >= 4 is 38.9 Å². The second-order valence-electron chi connectivity index (χ2n) is 3.88. The average molecular weight is 324 g/mol.